The molecule has 1 amide bonds. The number of fused-ring (bicyclic) bond motifs is 3. The summed E-state index contributed by atoms with van der Waals surface area (Å²) < 4.78 is 0. The third kappa shape index (κ3) is 3.87. The topological polar surface area (TPSA) is 80.5 Å². The zero-order valence-electron chi connectivity index (χ0n) is 20.6. The van der Waals surface area contributed by atoms with Gasteiger partial charge in [-0.05, 0) is 65.8 Å². The van der Waals surface area contributed by atoms with Crippen molar-refractivity contribution in [3.8, 4) is 6.07 Å². The van der Waals surface area contributed by atoms with Crippen LogP contribution in [0.2, 0.25) is 0 Å². The van der Waals surface area contributed by atoms with Gasteiger partial charge in [0.25, 0.3) is 5.91 Å². The normalized spacial score (nSPS) is 24.0. The summed E-state index contributed by atoms with van der Waals surface area (Å²) in [4.78, 5) is 22.4. The number of aliphatic hydroxyl groups is 1. The Kier molecular flexibility index (Phi) is 5.99. The number of carbonyl (C=O) groups excluding carboxylic acids is 1. The van der Waals surface area contributed by atoms with Crippen LogP contribution in [0.15, 0.2) is 54.7 Å². The van der Waals surface area contributed by atoms with Crippen molar-refractivity contribution in [2.24, 2.45) is 0 Å². The second kappa shape index (κ2) is 9.31. The lowest BCUT2D eigenvalue weighted by Crippen LogP contribution is -2.45. The third-order valence-electron chi connectivity index (χ3n) is 8.63. The molecule has 0 spiro atoms. The molecule has 6 heteroatoms. The molecule has 2 atom stereocenters. The molecule has 1 saturated heterocycles. The lowest BCUT2D eigenvalue weighted by Gasteiger charge is -2.37. The smallest absolute Gasteiger partial charge is 0.254 e. The summed E-state index contributed by atoms with van der Waals surface area (Å²) in [5.41, 5.74) is 3.37. The van der Waals surface area contributed by atoms with Gasteiger partial charge in [0, 0.05) is 37.9 Å². The van der Waals surface area contributed by atoms with Crippen LogP contribution in [0.3, 0.4) is 0 Å². The SMILES string of the molecule is N#CC1(c2ccccn2)CCN(Cc2cc3c(c4ccccc24)CN(C2CCCC[C@@H]2O)C3=O)CC1. The number of hydrogen-bond acceptors (Lipinski definition) is 5. The molecular weight excluding hydrogens is 448 g/mol. The molecule has 1 N–H and O–H groups in total. The largest absolute Gasteiger partial charge is 0.391 e. The molecule has 0 bridgehead atoms. The Morgan fingerprint density at radius 3 is 2.53 bits per heavy atom. The molecule has 3 aliphatic rings. The Balaban J connectivity index is 1.27. The average molecular weight is 481 g/mol. The highest BCUT2D eigenvalue weighted by Gasteiger charge is 2.40. The highest BCUT2D eigenvalue weighted by molar-refractivity contribution is 6.05. The molecule has 2 aliphatic heterocycles. The van der Waals surface area contributed by atoms with E-state index in [-0.39, 0.29) is 11.9 Å². The number of carbonyl (C=O) groups is 1. The first-order valence-electron chi connectivity index (χ1n) is 13.2. The summed E-state index contributed by atoms with van der Waals surface area (Å²) in [6.45, 7) is 2.94. The van der Waals surface area contributed by atoms with Crippen LogP contribution in [0, 0.1) is 11.3 Å². The molecule has 1 aromatic heterocycles. The minimum Gasteiger partial charge on any atom is -0.391 e. The fraction of sp³-hybridized carbons (Fsp3) is 0.433. The molecule has 1 unspecified atom stereocenters. The maximum atomic E-state index is 13.6. The van der Waals surface area contributed by atoms with Crippen LogP contribution in [-0.2, 0) is 18.5 Å². The summed E-state index contributed by atoms with van der Waals surface area (Å²) in [5, 5.41) is 23.0. The quantitative estimate of drug-likeness (QED) is 0.593. The molecule has 3 heterocycles. The first-order valence-corrected chi connectivity index (χ1v) is 13.2. The fourth-order valence-electron chi connectivity index (χ4n) is 6.53. The number of nitriles is 1. The van der Waals surface area contributed by atoms with E-state index < -0.39 is 11.5 Å². The molecule has 0 radical (unpaired) electrons. The van der Waals surface area contributed by atoms with Crippen molar-refractivity contribution in [1.82, 2.24) is 14.8 Å². The van der Waals surface area contributed by atoms with Gasteiger partial charge in [-0.15, -0.1) is 0 Å². The second-order valence-electron chi connectivity index (χ2n) is 10.6. The highest BCUT2D eigenvalue weighted by atomic mass is 16.3. The lowest BCUT2D eigenvalue weighted by atomic mass is 9.76. The lowest BCUT2D eigenvalue weighted by molar-refractivity contribution is 0.0192. The Morgan fingerprint density at radius 1 is 1.06 bits per heavy atom. The van der Waals surface area contributed by atoms with Gasteiger partial charge in [0.05, 0.1) is 23.9 Å². The number of aliphatic hydroxyl groups excluding tert-OH is 1. The monoisotopic (exact) mass is 480 g/mol. The van der Waals surface area contributed by atoms with E-state index in [2.05, 4.69) is 40.2 Å². The van der Waals surface area contributed by atoms with Crippen molar-refractivity contribution in [1.29, 1.82) is 5.26 Å². The maximum absolute atomic E-state index is 13.6. The van der Waals surface area contributed by atoms with Gasteiger partial charge in [0.2, 0.25) is 0 Å². The van der Waals surface area contributed by atoms with Crippen LogP contribution in [0.5, 0.6) is 0 Å². The summed E-state index contributed by atoms with van der Waals surface area (Å²) in [5.74, 6) is 0.0558. The Labute approximate surface area is 212 Å². The van der Waals surface area contributed by atoms with Crippen LogP contribution < -0.4 is 0 Å². The molecule has 2 fully saturated rings. The van der Waals surface area contributed by atoms with Gasteiger partial charge < -0.3 is 10.0 Å². The summed E-state index contributed by atoms with van der Waals surface area (Å²) >= 11 is 0. The number of benzene rings is 2. The van der Waals surface area contributed by atoms with E-state index in [0.29, 0.717) is 6.54 Å². The average Bonchev–Trinajstić information content (AvgIpc) is 3.26. The Bertz CT molecular complexity index is 1320. The van der Waals surface area contributed by atoms with Crippen molar-refractivity contribution in [2.45, 2.75) is 69.2 Å². The number of hydrogen-bond donors (Lipinski definition) is 1. The van der Waals surface area contributed by atoms with Crippen LogP contribution in [0.25, 0.3) is 10.8 Å². The van der Waals surface area contributed by atoms with E-state index in [1.54, 1.807) is 6.20 Å². The van der Waals surface area contributed by atoms with Gasteiger partial charge in [-0.1, -0.05) is 43.2 Å². The van der Waals surface area contributed by atoms with Crippen molar-refractivity contribution in [3.63, 3.8) is 0 Å². The van der Waals surface area contributed by atoms with Crippen molar-refractivity contribution < 1.29 is 9.90 Å². The zero-order valence-corrected chi connectivity index (χ0v) is 20.6. The van der Waals surface area contributed by atoms with Gasteiger partial charge in [0.1, 0.15) is 5.41 Å². The molecule has 184 valence electrons. The van der Waals surface area contributed by atoms with Gasteiger partial charge in [-0.3, -0.25) is 14.7 Å². The number of amides is 1. The van der Waals surface area contributed by atoms with Crippen molar-refractivity contribution in [3.05, 3.63) is 77.1 Å². The van der Waals surface area contributed by atoms with Gasteiger partial charge in [-0.25, -0.2) is 0 Å². The standard InChI is InChI=1S/C30H32N4O2/c31-20-30(28-11-5-6-14-32-28)12-15-33(16-13-30)18-21-17-24-25(23-8-2-1-7-22(21)23)19-34(29(24)36)26-9-3-4-10-27(26)35/h1-2,5-8,11,14,17,26-27,35H,3-4,9-10,12-13,15-16,18-19H2/t26?,27-/m0/s1. The van der Waals surface area contributed by atoms with Gasteiger partial charge >= 0.3 is 0 Å². The maximum Gasteiger partial charge on any atom is 0.254 e. The summed E-state index contributed by atoms with van der Waals surface area (Å²) in [7, 11) is 0. The number of aromatic nitrogens is 1. The van der Waals surface area contributed by atoms with Crippen LogP contribution >= 0.6 is 0 Å². The van der Waals surface area contributed by atoms with E-state index in [1.165, 1.54) is 5.39 Å². The highest BCUT2D eigenvalue weighted by Crippen LogP contribution is 2.38. The van der Waals surface area contributed by atoms with Crippen LogP contribution in [0.1, 0.15) is 65.7 Å². The van der Waals surface area contributed by atoms with Crippen LogP contribution in [0.4, 0.5) is 0 Å². The Hall–Kier alpha value is -3.27. The summed E-state index contributed by atoms with van der Waals surface area (Å²) in [6, 6.07) is 18.8. The number of pyridine rings is 1. The number of nitrogens with zero attached hydrogens (tertiary/aromatic N) is 4. The number of likely N-dealkylation sites (tertiary alicyclic amines) is 1. The second-order valence-corrected chi connectivity index (χ2v) is 10.6. The van der Waals surface area contributed by atoms with E-state index >= 15 is 0 Å². The number of rotatable bonds is 4. The van der Waals surface area contributed by atoms with Crippen LogP contribution in [-0.4, -0.2) is 51.0 Å². The first kappa shape index (κ1) is 23.1. The fourth-order valence-corrected chi connectivity index (χ4v) is 6.53. The van der Waals surface area contributed by atoms with E-state index in [9.17, 15) is 15.2 Å². The third-order valence-corrected chi connectivity index (χ3v) is 8.63. The van der Waals surface area contributed by atoms with E-state index in [0.717, 1.165) is 85.9 Å². The molecule has 6 rings (SSSR count). The molecule has 1 aliphatic carbocycles. The predicted molar refractivity (Wildman–Crippen MR) is 138 cm³/mol. The van der Waals surface area contributed by atoms with Crippen molar-refractivity contribution in [2.75, 3.05) is 13.1 Å². The zero-order chi connectivity index (χ0) is 24.7. The predicted octanol–water partition coefficient (Wildman–Crippen LogP) is 4.55. The first-order chi connectivity index (χ1) is 17.6. The van der Waals surface area contributed by atoms with E-state index in [4.69, 9.17) is 0 Å². The molecule has 3 aromatic rings. The molecule has 2 aromatic carbocycles. The van der Waals surface area contributed by atoms with E-state index in [1.807, 2.05) is 29.2 Å². The van der Waals surface area contributed by atoms with Gasteiger partial charge in [0.15, 0.2) is 0 Å². The minimum atomic E-state index is -0.533. The molecular formula is C30H32N4O2. The minimum absolute atomic E-state index is 0.0558. The molecule has 6 nitrogen and oxygen atoms in total. The van der Waals surface area contributed by atoms with Gasteiger partial charge in [-0.2, -0.15) is 5.26 Å². The molecule has 1 saturated carbocycles. The van der Waals surface area contributed by atoms with Crippen molar-refractivity contribution >= 4 is 16.7 Å². The summed E-state index contributed by atoms with van der Waals surface area (Å²) in [6.07, 6.45) is 6.56. The number of piperidine rings is 1. The Morgan fingerprint density at radius 2 is 1.81 bits per heavy atom. The molecule has 36 heavy (non-hydrogen) atoms.